The smallest absolute Gasteiger partial charge is 0.149 e. The van der Waals surface area contributed by atoms with Gasteiger partial charge in [0.15, 0.2) is 0 Å². The molecule has 0 aliphatic carbocycles. The number of hydrogen-bond donors (Lipinski definition) is 0. The fourth-order valence-electron chi connectivity index (χ4n) is 4.76. The Morgan fingerprint density at radius 3 is 2.45 bits per heavy atom. The van der Waals surface area contributed by atoms with E-state index in [9.17, 15) is 0 Å². The average Bonchev–Trinajstić information content (AvgIpc) is 3.38. The first kappa shape index (κ1) is 19.8. The zero-order valence-corrected chi connectivity index (χ0v) is 19.2. The Bertz CT molecular complexity index is 1630. The highest BCUT2D eigenvalue weighted by atomic mass is 16.3. The lowest BCUT2D eigenvalue weighted by molar-refractivity contribution is 0.411. The first-order valence-corrected chi connectivity index (χ1v) is 11.4. The van der Waals surface area contributed by atoms with E-state index in [-0.39, 0.29) is 5.41 Å². The lowest BCUT2D eigenvalue weighted by Crippen LogP contribution is -2.08. The van der Waals surface area contributed by atoms with Gasteiger partial charge in [0.1, 0.15) is 17.7 Å². The van der Waals surface area contributed by atoms with Gasteiger partial charge in [-0.15, -0.1) is 0 Å². The van der Waals surface area contributed by atoms with Crippen molar-refractivity contribution in [2.24, 2.45) is 5.41 Å². The Hall–Kier alpha value is -3.85. The molecule has 3 heteroatoms. The normalized spacial score (nSPS) is 12.2. The Balaban J connectivity index is 1.60. The van der Waals surface area contributed by atoms with E-state index in [2.05, 4.69) is 104 Å². The van der Waals surface area contributed by atoms with Crippen LogP contribution in [-0.4, -0.2) is 9.55 Å². The van der Waals surface area contributed by atoms with Gasteiger partial charge in [0.2, 0.25) is 0 Å². The summed E-state index contributed by atoms with van der Waals surface area (Å²) in [6.07, 6.45) is 2.86. The number of furan rings is 1. The lowest BCUT2D eigenvalue weighted by Gasteiger charge is -2.18. The topological polar surface area (TPSA) is 31.0 Å². The highest BCUT2D eigenvalue weighted by molar-refractivity contribution is 5.96. The van der Waals surface area contributed by atoms with E-state index in [4.69, 9.17) is 9.40 Å². The summed E-state index contributed by atoms with van der Waals surface area (Å²) in [7, 11) is 0. The number of aromatic nitrogens is 2. The number of fused-ring (bicyclic) bond motifs is 3. The van der Waals surface area contributed by atoms with Gasteiger partial charge in [-0.3, -0.25) is 4.57 Å². The molecule has 0 atom stereocenters. The molecule has 0 amide bonds. The van der Waals surface area contributed by atoms with E-state index in [0.29, 0.717) is 0 Å². The maximum absolute atomic E-state index is 5.99. The standard InChI is InChI=1S/C30H26N2O/c1-30(2,3)18-20-12-15-28-24(16-20)25(19-33-28)29-31-26-10-6-7-11-27(26)32(29)23-14-13-21-8-4-5-9-22(21)17-23/h4-17,19H,18H2,1-3H3. The van der Waals surface area contributed by atoms with E-state index in [0.717, 1.165) is 45.5 Å². The minimum Gasteiger partial charge on any atom is -0.464 e. The van der Waals surface area contributed by atoms with E-state index in [1.807, 2.05) is 12.3 Å². The first-order chi connectivity index (χ1) is 16.0. The first-order valence-electron chi connectivity index (χ1n) is 11.4. The van der Waals surface area contributed by atoms with Gasteiger partial charge in [-0.2, -0.15) is 0 Å². The number of nitrogens with zero attached hydrogens (tertiary/aromatic N) is 2. The predicted octanol–water partition coefficient (Wildman–Crippen LogP) is 8.18. The zero-order valence-electron chi connectivity index (χ0n) is 19.2. The molecule has 0 saturated carbocycles. The molecule has 3 nitrogen and oxygen atoms in total. The van der Waals surface area contributed by atoms with E-state index in [1.54, 1.807) is 0 Å². The van der Waals surface area contributed by atoms with Gasteiger partial charge in [-0.1, -0.05) is 69.3 Å². The number of hydrogen-bond acceptors (Lipinski definition) is 2. The SMILES string of the molecule is CC(C)(C)Cc1ccc2occ(-c3nc4ccccc4n3-c3ccc4ccccc4c3)c2c1. The van der Waals surface area contributed by atoms with E-state index in [1.165, 1.54) is 16.3 Å². The van der Waals surface area contributed by atoms with Crippen LogP contribution in [0.1, 0.15) is 26.3 Å². The summed E-state index contributed by atoms with van der Waals surface area (Å²) >= 11 is 0. The highest BCUT2D eigenvalue weighted by Gasteiger charge is 2.20. The molecule has 0 radical (unpaired) electrons. The average molecular weight is 431 g/mol. The molecule has 0 spiro atoms. The molecule has 162 valence electrons. The van der Waals surface area contributed by atoms with Crippen LogP contribution in [0.25, 0.3) is 49.9 Å². The second-order valence-electron chi connectivity index (χ2n) is 10.0. The summed E-state index contributed by atoms with van der Waals surface area (Å²) in [5.41, 5.74) is 6.59. The van der Waals surface area contributed by atoms with Crippen molar-refractivity contribution in [3.8, 4) is 17.1 Å². The predicted molar refractivity (Wildman–Crippen MR) is 137 cm³/mol. The van der Waals surface area contributed by atoms with Crippen LogP contribution in [0.15, 0.2) is 95.6 Å². The van der Waals surface area contributed by atoms with Gasteiger partial charge in [0, 0.05) is 11.1 Å². The van der Waals surface area contributed by atoms with Crippen LogP contribution in [0, 0.1) is 5.41 Å². The molecule has 6 rings (SSSR count). The largest absolute Gasteiger partial charge is 0.464 e. The number of para-hydroxylation sites is 2. The molecule has 4 aromatic carbocycles. The highest BCUT2D eigenvalue weighted by Crippen LogP contribution is 2.36. The summed E-state index contributed by atoms with van der Waals surface area (Å²) < 4.78 is 8.24. The van der Waals surface area contributed by atoms with E-state index < -0.39 is 0 Å². The maximum atomic E-state index is 5.99. The van der Waals surface area contributed by atoms with Gasteiger partial charge in [-0.25, -0.2) is 4.98 Å². The fraction of sp³-hybridized carbons (Fsp3) is 0.167. The minimum atomic E-state index is 0.218. The van der Waals surface area contributed by atoms with Crippen molar-refractivity contribution in [1.29, 1.82) is 0 Å². The van der Waals surface area contributed by atoms with Crippen molar-refractivity contribution in [2.75, 3.05) is 0 Å². The van der Waals surface area contributed by atoms with Gasteiger partial charge in [0.05, 0.1) is 16.6 Å². The number of rotatable bonds is 3. The summed E-state index contributed by atoms with van der Waals surface area (Å²) in [5.74, 6) is 0.901. The van der Waals surface area contributed by atoms with Gasteiger partial charge < -0.3 is 4.42 Å². The molecule has 0 fully saturated rings. The summed E-state index contributed by atoms with van der Waals surface area (Å²) in [4.78, 5) is 5.07. The van der Waals surface area contributed by atoms with Crippen molar-refractivity contribution in [3.05, 3.63) is 96.8 Å². The molecule has 0 aliphatic rings. The van der Waals surface area contributed by atoms with E-state index >= 15 is 0 Å². The molecule has 6 aromatic rings. The van der Waals surface area contributed by atoms with Crippen molar-refractivity contribution in [3.63, 3.8) is 0 Å². The minimum absolute atomic E-state index is 0.218. The monoisotopic (exact) mass is 430 g/mol. The number of benzene rings is 4. The van der Waals surface area contributed by atoms with Crippen molar-refractivity contribution in [2.45, 2.75) is 27.2 Å². The Kier molecular flexibility index (Phi) is 4.41. The Labute approximate surface area is 193 Å². The fourth-order valence-corrected chi connectivity index (χ4v) is 4.76. The Morgan fingerprint density at radius 1 is 0.818 bits per heavy atom. The summed E-state index contributed by atoms with van der Waals surface area (Å²) in [6, 6.07) is 29.9. The molecule has 2 heterocycles. The summed E-state index contributed by atoms with van der Waals surface area (Å²) in [6.45, 7) is 6.81. The van der Waals surface area contributed by atoms with Crippen LogP contribution >= 0.6 is 0 Å². The van der Waals surface area contributed by atoms with Gasteiger partial charge in [0.25, 0.3) is 0 Å². The van der Waals surface area contributed by atoms with Crippen LogP contribution < -0.4 is 0 Å². The van der Waals surface area contributed by atoms with Gasteiger partial charge >= 0.3 is 0 Å². The van der Waals surface area contributed by atoms with Crippen molar-refractivity contribution in [1.82, 2.24) is 9.55 Å². The second-order valence-corrected chi connectivity index (χ2v) is 10.0. The Morgan fingerprint density at radius 2 is 1.61 bits per heavy atom. The second kappa shape index (κ2) is 7.35. The van der Waals surface area contributed by atoms with Crippen LogP contribution in [0.2, 0.25) is 0 Å². The molecule has 0 N–H and O–H groups in total. The van der Waals surface area contributed by atoms with Gasteiger partial charge in [-0.05, 0) is 64.6 Å². The van der Waals surface area contributed by atoms with Crippen LogP contribution in [0.4, 0.5) is 0 Å². The molecule has 0 aliphatic heterocycles. The third-order valence-electron chi connectivity index (χ3n) is 6.17. The molecule has 33 heavy (non-hydrogen) atoms. The zero-order chi connectivity index (χ0) is 22.6. The number of imidazole rings is 1. The molecular formula is C30H26N2O. The molecule has 0 saturated heterocycles. The van der Waals surface area contributed by atoms with Crippen molar-refractivity contribution >= 4 is 32.8 Å². The molecular weight excluding hydrogens is 404 g/mol. The van der Waals surface area contributed by atoms with Crippen LogP contribution in [-0.2, 0) is 6.42 Å². The van der Waals surface area contributed by atoms with Crippen molar-refractivity contribution < 1.29 is 4.42 Å². The van der Waals surface area contributed by atoms with Crippen LogP contribution in [0.5, 0.6) is 0 Å². The van der Waals surface area contributed by atoms with Crippen LogP contribution in [0.3, 0.4) is 0 Å². The summed E-state index contributed by atoms with van der Waals surface area (Å²) in [5, 5.41) is 3.55. The maximum Gasteiger partial charge on any atom is 0.149 e. The quantitative estimate of drug-likeness (QED) is 0.283. The molecule has 2 aromatic heterocycles. The molecule has 0 bridgehead atoms. The third-order valence-corrected chi connectivity index (χ3v) is 6.17. The molecule has 0 unspecified atom stereocenters. The third kappa shape index (κ3) is 3.50. The lowest BCUT2D eigenvalue weighted by atomic mass is 9.88.